The average Bonchev–Trinajstić information content (AvgIpc) is 0.916. The molecule has 99 heavy (non-hydrogen) atoms. The predicted molar refractivity (Wildman–Crippen MR) is 355 cm³/mol. The number of aryl methyl sites for hydroxylation is 1. The highest BCUT2D eigenvalue weighted by Crippen LogP contribution is 2.36. The second-order valence-electron chi connectivity index (χ2n) is 28.0. The fraction of sp³-hybridized carbons (Fsp3) is 0.739. The summed E-state index contributed by atoms with van der Waals surface area (Å²) in [7, 11) is 8.22. The summed E-state index contributed by atoms with van der Waals surface area (Å²) in [5.41, 5.74) is -3.11. The van der Waals surface area contributed by atoms with Crippen molar-refractivity contribution in [1.29, 1.82) is 0 Å². The topological polar surface area (TPSA) is 289 Å². The first kappa shape index (κ1) is 80.5. The molecule has 1 aliphatic carbocycles. The molecule has 554 valence electrons. The quantitative estimate of drug-likeness (QED) is 0.178. The van der Waals surface area contributed by atoms with Gasteiger partial charge in [0.05, 0.1) is 38.3 Å². The molecule has 26 nitrogen and oxygen atoms in total. The van der Waals surface area contributed by atoms with E-state index in [1.165, 1.54) is 78.6 Å². The summed E-state index contributed by atoms with van der Waals surface area (Å²) < 4.78 is 67.5. The standard InChI is InChI=1S/C69H106F4N12O14/c1-15-33-99-40-53-62(92)77(9)39-54(86)74-48(25-23-45-22-24-46(47(70)37-45)69(71,72)73)61(91)84-29-20-21-49(84)59(89)76-68(27-18-19-28-68)67(97)82(14)57(43(7)17-3)66(96)80(12)52(64(94)83-31-34-98-35-32-83)38-55(87)79(11)51(36-41(4)5)58(88)75-56(42(6)16-2)65(95)78(10)44(8)60(90)85-30-26-50(85)63(93)81(53)13/h22,24,37,41-44,48-53,56-57H,15-21,23,25-36,38-40H2,1-14H3,(H,74,86)(H,75,88)(H,76,89)/t42-,43-,44-,48-,49-,50-,51-,52-,53-,56-,57-/m0/s1. The summed E-state index contributed by atoms with van der Waals surface area (Å²) in [5, 5.41) is 8.54. The molecule has 1 aromatic rings. The van der Waals surface area contributed by atoms with E-state index in [0.29, 0.717) is 44.2 Å². The van der Waals surface area contributed by atoms with Gasteiger partial charge in [0.2, 0.25) is 70.9 Å². The van der Waals surface area contributed by atoms with E-state index >= 15 is 23.6 Å². The van der Waals surface area contributed by atoms with Crippen LogP contribution in [0.4, 0.5) is 17.6 Å². The van der Waals surface area contributed by atoms with Gasteiger partial charge in [0, 0.05) is 75.1 Å². The van der Waals surface area contributed by atoms with Crippen molar-refractivity contribution in [1.82, 2.24) is 60.0 Å². The van der Waals surface area contributed by atoms with Gasteiger partial charge in [0.25, 0.3) is 0 Å². The average molecular weight is 1400 g/mol. The summed E-state index contributed by atoms with van der Waals surface area (Å²) >= 11 is 0. The molecule has 0 radical (unpaired) electrons. The van der Waals surface area contributed by atoms with Gasteiger partial charge in [0.1, 0.15) is 65.7 Å². The number of halogens is 4. The van der Waals surface area contributed by atoms with Crippen LogP contribution >= 0.6 is 0 Å². The Bertz CT molecular complexity index is 3090. The minimum absolute atomic E-state index is 0.0289. The van der Waals surface area contributed by atoms with Gasteiger partial charge in [-0.05, 0) is 100 Å². The molecular formula is C69H106F4N12O14. The number of alkyl halides is 3. The molecule has 30 heteroatoms. The molecule has 11 atom stereocenters. The van der Waals surface area contributed by atoms with Crippen molar-refractivity contribution < 1.29 is 84.6 Å². The van der Waals surface area contributed by atoms with Crippen LogP contribution in [0.1, 0.15) is 150 Å². The smallest absolute Gasteiger partial charge is 0.379 e. The minimum atomic E-state index is -5.01. The van der Waals surface area contributed by atoms with E-state index in [-0.39, 0.29) is 115 Å². The molecule has 3 N–H and O–H groups in total. The third-order valence-corrected chi connectivity index (χ3v) is 20.7. The van der Waals surface area contributed by atoms with Gasteiger partial charge in [-0.25, -0.2) is 4.39 Å². The second-order valence-corrected chi connectivity index (χ2v) is 28.0. The van der Waals surface area contributed by atoms with Crippen LogP contribution in [0.5, 0.6) is 0 Å². The van der Waals surface area contributed by atoms with Crippen molar-refractivity contribution in [3.63, 3.8) is 0 Å². The van der Waals surface area contributed by atoms with Crippen LogP contribution in [0.25, 0.3) is 0 Å². The maximum atomic E-state index is 15.5. The van der Waals surface area contributed by atoms with E-state index in [1.807, 2.05) is 34.6 Å². The van der Waals surface area contributed by atoms with Gasteiger partial charge in [-0.1, -0.05) is 80.2 Å². The number of hydrogen-bond acceptors (Lipinski definition) is 14. The van der Waals surface area contributed by atoms with Crippen LogP contribution in [0, 0.1) is 23.6 Å². The molecule has 0 aromatic heterocycles. The first-order valence-corrected chi connectivity index (χ1v) is 35.0. The number of benzene rings is 1. The molecule has 6 rings (SSSR count). The monoisotopic (exact) mass is 1400 g/mol. The van der Waals surface area contributed by atoms with Gasteiger partial charge in [-0.2, -0.15) is 13.2 Å². The number of nitrogens with zero attached hydrogens (tertiary/aromatic N) is 9. The van der Waals surface area contributed by atoms with Crippen LogP contribution in [0.15, 0.2) is 18.2 Å². The third-order valence-electron chi connectivity index (χ3n) is 20.7. The number of rotatable bonds is 14. The van der Waals surface area contributed by atoms with Crippen molar-refractivity contribution in [3.8, 4) is 0 Å². The fourth-order valence-corrected chi connectivity index (χ4v) is 13.8. The molecular weight excluding hydrogens is 1300 g/mol. The number of morpholine rings is 1. The van der Waals surface area contributed by atoms with E-state index in [2.05, 4.69) is 16.0 Å². The Hall–Kier alpha value is -7.50. The Balaban J connectivity index is 1.44. The summed E-state index contributed by atoms with van der Waals surface area (Å²) in [6, 6.07) is -9.48. The largest absolute Gasteiger partial charge is 0.419 e. The van der Waals surface area contributed by atoms with Crippen molar-refractivity contribution in [2.45, 2.75) is 211 Å². The highest BCUT2D eigenvalue weighted by molar-refractivity contribution is 6.01. The van der Waals surface area contributed by atoms with Crippen LogP contribution in [-0.2, 0) is 79.6 Å². The molecule has 4 heterocycles. The summed E-state index contributed by atoms with van der Waals surface area (Å²) in [6.45, 7) is 13.9. The Morgan fingerprint density at radius 3 is 1.90 bits per heavy atom. The SMILES string of the molecule is CCCOC[C@H]1C(=O)N(C)CC(=O)N[C@@H](CCc2ccc(C(F)(F)F)c(F)c2)C(=O)N2CCC[C@H]2C(=O)NC2(CCCC2)C(=O)N(C)[C@@H]([C@@H](C)CC)C(=O)N(C)[C@H](C(=O)N2CCOCC2)CC(=O)N(C)[C@@H](CC(C)C)C(=O)N[C@@H]([C@@H](C)CC)C(=O)N(C)[C@@H](C)C(=O)N2CC[C@H]2C(=O)N1C. The molecule has 12 amide bonds. The highest BCUT2D eigenvalue weighted by atomic mass is 19.4. The number of nitrogens with one attached hydrogen (secondary N) is 3. The lowest BCUT2D eigenvalue weighted by Gasteiger charge is -2.45. The number of carbonyl (C=O) groups excluding carboxylic acids is 12. The maximum absolute atomic E-state index is 15.5. The lowest BCUT2D eigenvalue weighted by Crippen LogP contribution is -2.65. The maximum Gasteiger partial charge on any atom is 0.419 e. The summed E-state index contributed by atoms with van der Waals surface area (Å²) in [4.78, 5) is 190. The Morgan fingerprint density at radius 2 is 1.32 bits per heavy atom. The Morgan fingerprint density at radius 1 is 0.687 bits per heavy atom. The predicted octanol–water partition coefficient (Wildman–Crippen LogP) is 3.21. The normalized spacial score (nSPS) is 27.1. The van der Waals surface area contributed by atoms with Gasteiger partial charge in [0.15, 0.2) is 0 Å². The molecule has 1 saturated carbocycles. The Labute approximate surface area is 579 Å². The fourth-order valence-electron chi connectivity index (χ4n) is 13.8. The van der Waals surface area contributed by atoms with Crippen molar-refractivity contribution >= 4 is 70.9 Å². The summed E-state index contributed by atoms with van der Waals surface area (Å²) in [5.74, 6) is -11.4. The molecule has 5 fully saturated rings. The zero-order valence-electron chi connectivity index (χ0n) is 60.2. The first-order valence-electron chi connectivity index (χ1n) is 35.0. The van der Waals surface area contributed by atoms with E-state index in [0.717, 1.165) is 20.8 Å². The lowest BCUT2D eigenvalue weighted by molar-refractivity contribution is -0.161. The number of hydrogen-bond donors (Lipinski definition) is 3. The first-order chi connectivity index (χ1) is 46.6. The molecule has 4 aliphatic heterocycles. The van der Waals surface area contributed by atoms with E-state index in [1.54, 1.807) is 13.8 Å². The zero-order chi connectivity index (χ0) is 73.7. The van der Waals surface area contributed by atoms with Crippen LogP contribution < -0.4 is 16.0 Å². The van der Waals surface area contributed by atoms with Crippen LogP contribution in [0.2, 0.25) is 0 Å². The van der Waals surface area contributed by atoms with Crippen LogP contribution in [0.3, 0.4) is 0 Å². The second kappa shape index (κ2) is 35.2. The zero-order valence-corrected chi connectivity index (χ0v) is 60.2. The van der Waals surface area contributed by atoms with Crippen molar-refractivity contribution in [3.05, 3.63) is 35.1 Å². The Kier molecular flexibility index (Phi) is 28.6. The molecule has 4 saturated heterocycles. The number of carbonyl (C=O) groups is 12. The van der Waals surface area contributed by atoms with E-state index < -0.39 is 173 Å². The third kappa shape index (κ3) is 19.1. The lowest BCUT2D eigenvalue weighted by atomic mass is 9.90. The van der Waals surface area contributed by atoms with E-state index in [9.17, 15) is 51.5 Å². The molecule has 1 spiro atoms. The van der Waals surface area contributed by atoms with Gasteiger partial charge in [-0.15, -0.1) is 0 Å². The molecule has 0 unspecified atom stereocenters. The van der Waals surface area contributed by atoms with Crippen LogP contribution in [-0.4, -0.2) is 276 Å². The highest BCUT2D eigenvalue weighted by Gasteiger charge is 2.52. The summed E-state index contributed by atoms with van der Waals surface area (Å²) in [6.07, 6.45) is -3.21. The molecule has 0 bridgehead atoms. The van der Waals surface area contributed by atoms with Gasteiger partial charge in [-0.3, -0.25) is 57.5 Å². The van der Waals surface area contributed by atoms with E-state index in [4.69, 9.17) is 9.47 Å². The number of likely N-dealkylation sites (N-methyl/N-ethyl adjacent to an activating group) is 6. The number of ether oxygens (including phenoxy) is 2. The molecule has 5 aliphatic rings. The number of fused-ring (bicyclic) bond motifs is 2. The van der Waals surface area contributed by atoms with Crippen molar-refractivity contribution in [2.24, 2.45) is 17.8 Å². The number of amides is 12. The van der Waals surface area contributed by atoms with Gasteiger partial charge >= 0.3 is 6.18 Å². The minimum Gasteiger partial charge on any atom is -0.379 e. The van der Waals surface area contributed by atoms with Gasteiger partial charge < -0.3 is 69.5 Å². The molecule has 1 aromatic carbocycles. The van der Waals surface area contributed by atoms with Crippen molar-refractivity contribution in [2.75, 3.05) is 101 Å².